The van der Waals surface area contributed by atoms with Crippen molar-refractivity contribution in [1.82, 2.24) is 19.9 Å². The van der Waals surface area contributed by atoms with Gasteiger partial charge in [0.2, 0.25) is 11.9 Å². The second-order valence-electron chi connectivity index (χ2n) is 4.78. The Morgan fingerprint density at radius 2 is 2.05 bits per heavy atom. The van der Waals surface area contributed by atoms with Gasteiger partial charge in [-0.2, -0.15) is 15.0 Å². The summed E-state index contributed by atoms with van der Waals surface area (Å²) in [6, 6.07) is 6.03. The molecule has 0 bridgehead atoms. The van der Waals surface area contributed by atoms with Crippen molar-refractivity contribution in [2.75, 3.05) is 17.2 Å². The predicted molar refractivity (Wildman–Crippen MR) is 81.0 cm³/mol. The average Bonchev–Trinajstić information content (AvgIpc) is 2.44. The molecule has 0 saturated heterocycles. The van der Waals surface area contributed by atoms with Crippen molar-refractivity contribution in [3.63, 3.8) is 0 Å². The van der Waals surface area contributed by atoms with Crippen molar-refractivity contribution in [3.05, 3.63) is 30.1 Å². The molecule has 0 aliphatic heterocycles. The number of anilines is 2. The summed E-state index contributed by atoms with van der Waals surface area (Å²) in [5, 5.41) is 0. The first-order chi connectivity index (χ1) is 10.1. The SMILES string of the molecule is CCN(Cc1ccccn1)c1nc(N)nc(OC(C)C)n1. The summed E-state index contributed by atoms with van der Waals surface area (Å²) < 4.78 is 5.50. The van der Waals surface area contributed by atoms with Crippen LogP contribution in [-0.2, 0) is 6.54 Å². The maximum Gasteiger partial charge on any atom is 0.323 e. The number of pyridine rings is 1. The van der Waals surface area contributed by atoms with Crippen LogP contribution >= 0.6 is 0 Å². The quantitative estimate of drug-likeness (QED) is 0.864. The Balaban J connectivity index is 2.23. The summed E-state index contributed by atoms with van der Waals surface area (Å²) >= 11 is 0. The lowest BCUT2D eigenvalue weighted by atomic mass is 10.3. The van der Waals surface area contributed by atoms with Crippen LogP contribution in [0, 0.1) is 0 Å². The third-order valence-corrected chi connectivity index (χ3v) is 2.71. The second kappa shape index (κ2) is 6.83. The molecule has 21 heavy (non-hydrogen) atoms. The molecule has 0 radical (unpaired) electrons. The maximum atomic E-state index is 5.74. The largest absolute Gasteiger partial charge is 0.461 e. The molecule has 0 saturated carbocycles. The number of nitrogens with zero attached hydrogens (tertiary/aromatic N) is 5. The van der Waals surface area contributed by atoms with Crippen LogP contribution in [0.2, 0.25) is 0 Å². The smallest absolute Gasteiger partial charge is 0.323 e. The highest BCUT2D eigenvalue weighted by Gasteiger charge is 2.13. The molecule has 0 amide bonds. The van der Waals surface area contributed by atoms with Gasteiger partial charge < -0.3 is 15.4 Å². The van der Waals surface area contributed by atoms with Crippen LogP contribution < -0.4 is 15.4 Å². The summed E-state index contributed by atoms with van der Waals surface area (Å²) in [5.41, 5.74) is 6.67. The van der Waals surface area contributed by atoms with E-state index in [1.807, 2.05) is 43.9 Å². The van der Waals surface area contributed by atoms with E-state index in [1.54, 1.807) is 6.20 Å². The molecule has 7 nitrogen and oxygen atoms in total. The minimum absolute atomic E-state index is 0.0227. The Morgan fingerprint density at radius 1 is 1.24 bits per heavy atom. The molecule has 0 aliphatic rings. The van der Waals surface area contributed by atoms with Gasteiger partial charge >= 0.3 is 6.01 Å². The van der Waals surface area contributed by atoms with Crippen LogP contribution in [0.5, 0.6) is 6.01 Å². The van der Waals surface area contributed by atoms with Crippen LogP contribution in [0.4, 0.5) is 11.9 Å². The van der Waals surface area contributed by atoms with E-state index in [2.05, 4.69) is 19.9 Å². The zero-order chi connectivity index (χ0) is 15.2. The highest BCUT2D eigenvalue weighted by molar-refractivity contribution is 5.36. The van der Waals surface area contributed by atoms with E-state index in [0.717, 1.165) is 12.2 Å². The normalized spacial score (nSPS) is 10.7. The molecule has 0 spiro atoms. The van der Waals surface area contributed by atoms with E-state index in [1.165, 1.54) is 0 Å². The molecule has 2 aromatic heterocycles. The van der Waals surface area contributed by atoms with Crippen molar-refractivity contribution in [3.8, 4) is 6.01 Å². The van der Waals surface area contributed by atoms with Gasteiger partial charge in [-0.25, -0.2) is 0 Å². The standard InChI is InChI=1S/C14H20N6O/c1-4-20(9-11-7-5-6-8-16-11)13-17-12(15)18-14(19-13)21-10(2)3/h5-8,10H,4,9H2,1-3H3,(H2,15,17,18,19). The molecular formula is C14H20N6O. The Bertz CT molecular complexity index is 575. The Labute approximate surface area is 124 Å². The van der Waals surface area contributed by atoms with Crippen LogP contribution in [-0.4, -0.2) is 32.6 Å². The minimum Gasteiger partial charge on any atom is -0.461 e. The molecule has 0 unspecified atom stereocenters. The van der Waals surface area contributed by atoms with Crippen molar-refractivity contribution < 1.29 is 4.74 Å². The molecule has 2 N–H and O–H groups in total. The highest BCUT2D eigenvalue weighted by Crippen LogP contribution is 2.16. The summed E-state index contributed by atoms with van der Waals surface area (Å²) in [7, 11) is 0. The lowest BCUT2D eigenvalue weighted by molar-refractivity contribution is 0.222. The first-order valence-corrected chi connectivity index (χ1v) is 6.91. The van der Waals surface area contributed by atoms with Crippen LogP contribution in [0.3, 0.4) is 0 Å². The second-order valence-corrected chi connectivity index (χ2v) is 4.78. The maximum absolute atomic E-state index is 5.74. The molecule has 0 fully saturated rings. The number of hydrogen-bond donors (Lipinski definition) is 1. The minimum atomic E-state index is -0.0227. The molecule has 2 aromatic rings. The monoisotopic (exact) mass is 288 g/mol. The molecule has 0 aliphatic carbocycles. The molecule has 112 valence electrons. The molecule has 0 atom stereocenters. The highest BCUT2D eigenvalue weighted by atomic mass is 16.5. The summed E-state index contributed by atoms with van der Waals surface area (Å²) in [6.45, 7) is 7.16. The van der Waals surface area contributed by atoms with Crippen molar-refractivity contribution >= 4 is 11.9 Å². The molecule has 0 aromatic carbocycles. The van der Waals surface area contributed by atoms with Gasteiger partial charge in [-0.15, -0.1) is 0 Å². The van der Waals surface area contributed by atoms with Crippen LogP contribution in [0.15, 0.2) is 24.4 Å². The zero-order valence-corrected chi connectivity index (χ0v) is 12.5. The first-order valence-electron chi connectivity index (χ1n) is 6.91. The molecule has 7 heteroatoms. The van der Waals surface area contributed by atoms with Gasteiger partial charge in [0.1, 0.15) is 0 Å². The van der Waals surface area contributed by atoms with Crippen LogP contribution in [0.1, 0.15) is 26.5 Å². The zero-order valence-electron chi connectivity index (χ0n) is 12.5. The summed E-state index contributed by atoms with van der Waals surface area (Å²) in [5.74, 6) is 0.640. The van der Waals surface area contributed by atoms with Gasteiger partial charge in [0.05, 0.1) is 18.3 Å². The fourth-order valence-electron chi connectivity index (χ4n) is 1.78. The number of ether oxygens (including phenoxy) is 1. The molecule has 2 heterocycles. The van der Waals surface area contributed by atoms with Crippen molar-refractivity contribution in [1.29, 1.82) is 0 Å². The molecular weight excluding hydrogens is 268 g/mol. The Morgan fingerprint density at radius 3 is 2.67 bits per heavy atom. The predicted octanol–water partition coefficient (Wildman–Crippen LogP) is 1.66. The van der Waals surface area contributed by atoms with E-state index in [4.69, 9.17) is 10.5 Å². The Kier molecular flexibility index (Phi) is 4.86. The average molecular weight is 288 g/mol. The lowest BCUT2D eigenvalue weighted by Crippen LogP contribution is -2.26. The number of hydrogen-bond acceptors (Lipinski definition) is 7. The van der Waals surface area contributed by atoms with Gasteiger partial charge in [-0.3, -0.25) is 4.98 Å². The number of nitrogens with two attached hydrogens (primary N) is 1. The summed E-state index contributed by atoms with van der Waals surface area (Å²) in [4.78, 5) is 18.8. The topological polar surface area (TPSA) is 90.1 Å². The first kappa shape index (κ1) is 15.0. The van der Waals surface area contributed by atoms with Gasteiger partial charge in [-0.05, 0) is 32.9 Å². The van der Waals surface area contributed by atoms with Crippen molar-refractivity contribution in [2.24, 2.45) is 0 Å². The van der Waals surface area contributed by atoms with E-state index in [-0.39, 0.29) is 18.1 Å². The van der Waals surface area contributed by atoms with E-state index < -0.39 is 0 Å². The van der Waals surface area contributed by atoms with Crippen molar-refractivity contribution in [2.45, 2.75) is 33.4 Å². The van der Waals surface area contributed by atoms with Gasteiger partial charge in [-0.1, -0.05) is 6.07 Å². The fraction of sp³-hybridized carbons (Fsp3) is 0.429. The van der Waals surface area contributed by atoms with Gasteiger partial charge in [0.25, 0.3) is 0 Å². The molecule has 2 rings (SSSR count). The number of rotatable bonds is 6. The number of aromatic nitrogens is 4. The van der Waals surface area contributed by atoms with Gasteiger partial charge in [0.15, 0.2) is 0 Å². The summed E-state index contributed by atoms with van der Waals surface area (Å²) in [6.07, 6.45) is 1.74. The van der Waals surface area contributed by atoms with Crippen LogP contribution in [0.25, 0.3) is 0 Å². The van der Waals surface area contributed by atoms with E-state index in [0.29, 0.717) is 12.5 Å². The fourth-order valence-corrected chi connectivity index (χ4v) is 1.78. The van der Waals surface area contributed by atoms with E-state index in [9.17, 15) is 0 Å². The van der Waals surface area contributed by atoms with Gasteiger partial charge in [0, 0.05) is 12.7 Å². The number of nitrogen functional groups attached to an aromatic ring is 1. The third-order valence-electron chi connectivity index (χ3n) is 2.71. The van der Waals surface area contributed by atoms with E-state index >= 15 is 0 Å². The third kappa shape index (κ3) is 4.27. The Hall–Kier alpha value is -2.44. The lowest BCUT2D eigenvalue weighted by Gasteiger charge is -2.21.